The van der Waals surface area contributed by atoms with E-state index in [-0.39, 0.29) is 12.4 Å². The Balaban J connectivity index is 0.00000324. The standard InChI is InChI=1S/C12H18N2O3S.ClH/c1-9(18(2,16)17)12(15)14-8-7-10-3-5-11(13)6-4-10;/h3-6,9H,7-8,13H2,1-2H3,(H,14,15);1H. The molecule has 3 N–H and O–H groups in total. The Hall–Kier alpha value is -1.27. The average Bonchev–Trinajstić information content (AvgIpc) is 2.29. The number of anilines is 1. The molecular formula is C12H19ClN2O3S. The molecule has 5 nitrogen and oxygen atoms in total. The molecule has 0 aliphatic rings. The molecule has 0 saturated heterocycles. The van der Waals surface area contributed by atoms with Crippen molar-refractivity contribution in [1.29, 1.82) is 0 Å². The normalized spacial score (nSPS) is 12.3. The van der Waals surface area contributed by atoms with Crippen LogP contribution in [0.2, 0.25) is 0 Å². The van der Waals surface area contributed by atoms with Gasteiger partial charge in [-0.3, -0.25) is 4.79 Å². The Bertz CT molecular complexity index is 514. The van der Waals surface area contributed by atoms with E-state index in [1.54, 1.807) is 12.1 Å². The first kappa shape index (κ1) is 17.7. The Morgan fingerprint density at radius 1 is 1.32 bits per heavy atom. The highest BCUT2D eigenvalue weighted by molar-refractivity contribution is 7.92. The second-order valence-corrected chi connectivity index (χ2v) is 6.62. The fourth-order valence-electron chi connectivity index (χ4n) is 1.35. The smallest absolute Gasteiger partial charge is 0.238 e. The highest BCUT2D eigenvalue weighted by Crippen LogP contribution is 2.05. The van der Waals surface area contributed by atoms with Crippen LogP contribution >= 0.6 is 12.4 Å². The molecule has 0 spiro atoms. The van der Waals surface area contributed by atoms with Gasteiger partial charge in [0.05, 0.1) is 0 Å². The SMILES string of the molecule is CC(C(=O)NCCc1ccc(N)cc1)S(C)(=O)=O.Cl. The Labute approximate surface area is 119 Å². The van der Waals surface area contributed by atoms with Gasteiger partial charge in [0.2, 0.25) is 5.91 Å². The quantitative estimate of drug-likeness (QED) is 0.787. The van der Waals surface area contributed by atoms with Crippen LogP contribution in [0.15, 0.2) is 24.3 Å². The molecule has 1 unspecified atom stereocenters. The number of hydrogen-bond donors (Lipinski definition) is 2. The van der Waals surface area contributed by atoms with E-state index in [1.165, 1.54) is 6.92 Å². The first-order valence-corrected chi connectivity index (χ1v) is 7.57. The minimum Gasteiger partial charge on any atom is -0.399 e. The number of halogens is 1. The van der Waals surface area contributed by atoms with Crippen LogP contribution in [-0.2, 0) is 21.1 Å². The number of amides is 1. The average molecular weight is 307 g/mol. The topological polar surface area (TPSA) is 89.3 Å². The van der Waals surface area contributed by atoms with E-state index < -0.39 is 21.0 Å². The van der Waals surface area contributed by atoms with Crippen molar-refractivity contribution in [3.05, 3.63) is 29.8 Å². The highest BCUT2D eigenvalue weighted by atomic mass is 35.5. The van der Waals surface area contributed by atoms with Crippen LogP contribution in [0.5, 0.6) is 0 Å². The van der Waals surface area contributed by atoms with Gasteiger partial charge in [-0.05, 0) is 31.0 Å². The summed E-state index contributed by atoms with van der Waals surface area (Å²) in [5.74, 6) is -0.465. The van der Waals surface area contributed by atoms with E-state index >= 15 is 0 Å². The molecule has 0 aliphatic heterocycles. The zero-order chi connectivity index (χ0) is 13.8. The summed E-state index contributed by atoms with van der Waals surface area (Å²) < 4.78 is 22.3. The van der Waals surface area contributed by atoms with Crippen molar-refractivity contribution in [2.24, 2.45) is 0 Å². The molecule has 1 aromatic carbocycles. The highest BCUT2D eigenvalue weighted by Gasteiger charge is 2.22. The molecule has 0 aromatic heterocycles. The third-order valence-electron chi connectivity index (χ3n) is 2.70. The Morgan fingerprint density at radius 2 is 1.84 bits per heavy atom. The van der Waals surface area contributed by atoms with Gasteiger partial charge in [-0.25, -0.2) is 8.42 Å². The Kier molecular flexibility index (Phi) is 6.86. The number of benzene rings is 1. The van der Waals surface area contributed by atoms with Crippen LogP contribution in [0, 0.1) is 0 Å². The molecule has 108 valence electrons. The van der Waals surface area contributed by atoms with Crippen LogP contribution < -0.4 is 11.1 Å². The van der Waals surface area contributed by atoms with Gasteiger partial charge in [-0.15, -0.1) is 12.4 Å². The van der Waals surface area contributed by atoms with E-state index in [4.69, 9.17) is 5.73 Å². The van der Waals surface area contributed by atoms with Crippen molar-refractivity contribution in [2.75, 3.05) is 18.5 Å². The summed E-state index contributed by atoms with van der Waals surface area (Å²) in [4.78, 5) is 11.5. The van der Waals surface area contributed by atoms with Crippen molar-refractivity contribution < 1.29 is 13.2 Å². The second kappa shape index (κ2) is 7.35. The molecule has 0 heterocycles. The van der Waals surface area contributed by atoms with E-state index in [9.17, 15) is 13.2 Å². The molecule has 0 bridgehead atoms. The lowest BCUT2D eigenvalue weighted by Gasteiger charge is -2.10. The zero-order valence-corrected chi connectivity index (χ0v) is 12.6. The maximum absolute atomic E-state index is 11.5. The molecule has 1 atom stereocenters. The number of nitrogens with two attached hydrogens (primary N) is 1. The summed E-state index contributed by atoms with van der Waals surface area (Å²) in [7, 11) is -3.33. The fourth-order valence-corrected chi connectivity index (χ4v) is 1.82. The van der Waals surface area contributed by atoms with E-state index in [1.807, 2.05) is 12.1 Å². The lowest BCUT2D eigenvalue weighted by atomic mass is 10.1. The predicted molar refractivity (Wildman–Crippen MR) is 79.1 cm³/mol. The Morgan fingerprint density at radius 3 is 2.32 bits per heavy atom. The molecule has 7 heteroatoms. The van der Waals surface area contributed by atoms with Gasteiger partial charge < -0.3 is 11.1 Å². The third-order valence-corrected chi connectivity index (χ3v) is 4.20. The molecular weight excluding hydrogens is 288 g/mol. The molecule has 0 radical (unpaired) electrons. The summed E-state index contributed by atoms with van der Waals surface area (Å²) in [5.41, 5.74) is 7.28. The number of nitrogen functional groups attached to an aromatic ring is 1. The van der Waals surface area contributed by atoms with Crippen LogP contribution in [0.4, 0.5) is 5.69 Å². The van der Waals surface area contributed by atoms with Gasteiger partial charge in [-0.2, -0.15) is 0 Å². The van der Waals surface area contributed by atoms with Crippen LogP contribution in [0.3, 0.4) is 0 Å². The number of rotatable bonds is 5. The number of carbonyl (C=O) groups excluding carboxylic acids is 1. The van der Waals surface area contributed by atoms with E-state index in [2.05, 4.69) is 5.32 Å². The lowest BCUT2D eigenvalue weighted by Crippen LogP contribution is -2.38. The van der Waals surface area contributed by atoms with Gasteiger partial charge in [0.1, 0.15) is 5.25 Å². The number of carbonyl (C=O) groups is 1. The largest absolute Gasteiger partial charge is 0.399 e. The van der Waals surface area contributed by atoms with E-state index in [0.29, 0.717) is 18.7 Å². The summed E-state index contributed by atoms with van der Waals surface area (Å²) in [6, 6.07) is 7.33. The lowest BCUT2D eigenvalue weighted by molar-refractivity contribution is -0.120. The van der Waals surface area contributed by atoms with Gasteiger partial charge in [0.25, 0.3) is 0 Å². The van der Waals surface area contributed by atoms with Crippen LogP contribution in [-0.4, -0.2) is 32.4 Å². The van der Waals surface area contributed by atoms with Gasteiger partial charge in [0, 0.05) is 18.5 Å². The molecule has 0 aliphatic carbocycles. The third kappa shape index (κ3) is 5.94. The zero-order valence-electron chi connectivity index (χ0n) is 10.9. The van der Waals surface area contributed by atoms with Crippen LogP contribution in [0.1, 0.15) is 12.5 Å². The number of sulfone groups is 1. The summed E-state index contributed by atoms with van der Waals surface area (Å²) in [5, 5.41) is 1.59. The van der Waals surface area contributed by atoms with Gasteiger partial charge >= 0.3 is 0 Å². The van der Waals surface area contributed by atoms with Crippen LogP contribution in [0.25, 0.3) is 0 Å². The predicted octanol–water partition coefficient (Wildman–Crippen LogP) is 0.782. The molecule has 0 saturated carbocycles. The summed E-state index contributed by atoms with van der Waals surface area (Å²) >= 11 is 0. The van der Waals surface area contributed by atoms with Gasteiger partial charge in [-0.1, -0.05) is 12.1 Å². The van der Waals surface area contributed by atoms with Crippen molar-refractivity contribution >= 4 is 33.8 Å². The second-order valence-electron chi connectivity index (χ2n) is 4.25. The molecule has 19 heavy (non-hydrogen) atoms. The monoisotopic (exact) mass is 306 g/mol. The minimum absolute atomic E-state index is 0. The number of hydrogen-bond acceptors (Lipinski definition) is 4. The van der Waals surface area contributed by atoms with Crippen molar-refractivity contribution in [3.8, 4) is 0 Å². The van der Waals surface area contributed by atoms with Gasteiger partial charge in [0.15, 0.2) is 9.84 Å². The first-order chi connectivity index (χ1) is 8.30. The number of nitrogens with one attached hydrogen (secondary N) is 1. The van der Waals surface area contributed by atoms with E-state index in [0.717, 1.165) is 11.8 Å². The van der Waals surface area contributed by atoms with Crippen molar-refractivity contribution in [3.63, 3.8) is 0 Å². The fraction of sp³-hybridized carbons (Fsp3) is 0.417. The van der Waals surface area contributed by atoms with Crippen molar-refractivity contribution in [2.45, 2.75) is 18.6 Å². The molecule has 0 fully saturated rings. The maximum atomic E-state index is 11.5. The molecule has 1 rings (SSSR count). The van der Waals surface area contributed by atoms with Crippen molar-refractivity contribution in [1.82, 2.24) is 5.32 Å². The first-order valence-electron chi connectivity index (χ1n) is 5.61. The summed E-state index contributed by atoms with van der Waals surface area (Å²) in [6.45, 7) is 1.79. The maximum Gasteiger partial charge on any atom is 0.238 e. The molecule has 1 aromatic rings. The summed E-state index contributed by atoms with van der Waals surface area (Å²) in [6.07, 6.45) is 1.69. The minimum atomic E-state index is -3.33. The molecule has 1 amide bonds.